The molecular weight excluding hydrogens is 440 g/mol. The van der Waals surface area contributed by atoms with Gasteiger partial charge in [0.1, 0.15) is 4.88 Å². The molecule has 0 aromatic carbocycles. The molecule has 1 saturated carbocycles. The largest absolute Gasteiger partial charge is 0.461 e. The van der Waals surface area contributed by atoms with Crippen LogP contribution in [0.2, 0.25) is 0 Å². The second kappa shape index (κ2) is 8.34. The van der Waals surface area contributed by atoms with Crippen LogP contribution in [0.4, 0.5) is 5.13 Å². The average molecular weight is 467 g/mol. The minimum Gasteiger partial charge on any atom is -0.461 e. The molecule has 3 heterocycles. The number of anilines is 1. The van der Waals surface area contributed by atoms with Crippen molar-refractivity contribution in [1.82, 2.24) is 14.8 Å². The van der Waals surface area contributed by atoms with Crippen LogP contribution in [-0.2, 0) is 14.6 Å². The fraction of sp³-hybridized carbons (Fsp3) is 0.600. The standard InChI is InChI=1S/C20H26N4O5S2/c1-11(2)9-29-19(26)17-12(3)21-20(30-17)22-18(25)15-8-16(13-4-5-13)24(23-15)14-6-7-31(27,28)10-14/h8,11,13-14H,4-7,9-10H2,1-3H3,(H,21,22,25). The third-order valence-electron chi connectivity index (χ3n) is 5.30. The fourth-order valence-electron chi connectivity index (χ4n) is 3.57. The lowest BCUT2D eigenvalue weighted by molar-refractivity contribution is 0.0463. The molecule has 2 aromatic rings. The molecule has 2 aliphatic rings. The molecule has 1 unspecified atom stereocenters. The van der Waals surface area contributed by atoms with E-state index in [1.54, 1.807) is 17.7 Å². The lowest BCUT2D eigenvalue weighted by Crippen LogP contribution is -2.17. The Labute approximate surface area is 185 Å². The zero-order valence-corrected chi connectivity index (χ0v) is 19.4. The molecule has 0 spiro atoms. The molecule has 1 amide bonds. The molecule has 9 nitrogen and oxygen atoms in total. The number of hydrogen-bond acceptors (Lipinski definition) is 8. The molecule has 0 radical (unpaired) electrons. The number of hydrogen-bond donors (Lipinski definition) is 1. The number of amides is 1. The van der Waals surface area contributed by atoms with E-state index < -0.39 is 21.7 Å². The summed E-state index contributed by atoms with van der Waals surface area (Å²) in [5.74, 6) is -0.131. The van der Waals surface area contributed by atoms with E-state index in [1.807, 2.05) is 13.8 Å². The molecule has 1 aliphatic carbocycles. The maximum Gasteiger partial charge on any atom is 0.350 e. The molecule has 0 bridgehead atoms. The van der Waals surface area contributed by atoms with Crippen LogP contribution in [0.1, 0.15) is 76.6 Å². The van der Waals surface area contributed by atoms with Crippen molar-refractivity contribution in [2.45, 2.75) is 52.0 Å². The van der Waals surface area contributed by atoms with Gasteiger partial charge in [-0.3, -0.25) is 14.8 Å². The first-order chi connectivity index (χ1) is 14.6. The second-order valence-electron chi connectivity index (χ2n) is 8.61. The molecule has 1 N–H and O–H groups in total. The SMILES string of the molecule is Cc1nc(NC(=O)c2cc(C3CC3)n(C3CCS(=O)(=O)C3)n2)sc1C(=O)OCC(C)C. The monoisotopic (exact) mass is 466 g/mol. The highest BCUT2D eigenvalue weighted by atomic mass is 32.2. The molecule has 168 valence electrons. The average Bonchev–Trinajstić information content (AvgIpc) is 3.17. The van der Waals surface area contributed by atoms with Crippen molar-refractivity contribution in [2.75, 3.05) is 23.4 Å². The summed E-state index contributed by atoms with van der Waals surface area (Å²) in [6.45, 7) is 5.91. The molecular formula is C20H26N4O5S2. The van der Waals surface area contributed by atoms with E-state index >= 15 is 0 Å². The van der Waals surface area contributed by atoms with Crippen molar-refractivity contribution >= 4 is 38.2 Å². The van der Waals surface area contributed by atoms with E-state index in [2.05, 4.69) is 15.4 Å². The first-order valence-corrected chi connectivity index (χ1v) is 13.0. The van der Waals surface area contributed by atoms with Crippen LogP contribution < -0.4 is 5.32 Å². The zero-order valence-electron chi connectivity index (χ0n) is 17.8. The smallest absolute Gasteiger partial charge is 0.350 e. The van der Waals surface area contributed by atoms with Crippen LogP contribution in [0.3, 0.4) is 0 Å². The summed E-state index contributed by atoms with van der Waals surface area (Å²) in [4.78, 5) is 29.7. The summed E-state index contributed by atoms with van der Waals surface area (Å²) < 4.78 is 30.8. The Morgan fingerprint density at radius 1 is 1.32 bits per heavy atom. The molecule has 1 saturated heterocycles. The third-order valence-corrected chi connectivity index (χ3v) is 8.10. The quantitative estimate of drug-likeness (QED) is 0.623. The van der Waals surface area contributed by atoms with E-state index in [4.69, 9.17) is 4.74 Å². The highest BCUT2D eigenvalue weighted by Gasteiger charge is 2.36. The van der Waals surface area contributed by atoms with Crippen LogP contribution in [0.5, 0.6) is 0 Å². The van der Waals surface area contributed by atoms with Gasteiger partial charge in [-0.25, -0.2) is 18.2 Å². The summed E-state index contributed by atoms with van der Waals surface area (Å²) in [7, 11) is -3.06. The molecule has 2 aromatic heterocycles. The predicted molar refractivity (Wildman–Crippen MR) is 116 cm³/mol. The zero-order chi connectivity index (χ0) is 22.3. The number of ether oxygens (including phenoxy) is 1. The van der Waals surface area contributed by atoms with Crippen molar-refractivity contribution in [2.24, 2.45) is 5.92 Å². The van der Waals surface area contributed by atoms with Gasteiger partial charge < -0.3 is 4.74 Å². The fourth-order valence-corrected chi connectivity index (χ4v) is 6.12. The van der Waals surface area contributed by atoms with Crippen molar-refractivity contribution < 1.29 is 22.7 Å². The van der Waals surface area contributed by atoms with Gasteiger partial charge >= 0.3 is 5.97 Å². The Kier molecular flexibility index (Phi) is 5.91. The summed E-state index contributed by atoms with van der Waals surface area (Å²) in [6, 6.07) is 1.52. The summed E-state index contributed by atoms with van der Waals surface area (Å²) in [5, 5.41) is 7.46. The molecule has 1 aliphatic heterocycles. The van der Waals surface area contributed by atoms with Gasteiger partial charge in [0, 0.05) is 11.6 Å². The number of nitrogens with zero attached hydrogens (tertiary/aromatic N) is 3. The van der Waals surface area contributed by atoms with Gasteiger partial charge in [0.05, 0.1) is 29.8 Å². The van der Waals surface area contributed by atoms with Crippen LogP contribution in [-0.4, -0.2) is 53.2 Å². The first kappa shape index (κ1) is 21.9. The van der Waals surface area contributed by atoms with Crippen LogP contribution in [0.25, 0.3) is 0 Å². The first-order valence-electron chi connectivity index (χ1n) is 10.4. The van der Waals surface area contributed by atoms with Gasteiger partial charge in [-0.05, 0) is 38.2 Å². The van der Waals surface area contributed by atoms with Crippen LogP contribution in [0.15, 0.2) is 6.07 Å². The Bertz CT molecular complexity index is 1110. The van der Waals surface area contributed by atoms with Crippen LogP contribution in [0, 0.1) is 12.8 Å². The maximum absolute atomic E-state index is 12.8. The lowest BCUT2D eigenvalue weighted by atomic mass is 10.2. The lowest BCUT2D eigenvalue weighted by Gasteiger charge is -2.12. The second-order valence-corrected chi connectivity index (χ2v) is 11.8. The van der Waals surface area contributed by atoms with Gasteiger partial charge in [0.15, 0.2) is 20.7 Å². The topological polar surface area (TPSA) is 120 Å². The van der Waals surface area contributed by atoms with E-state index in [-0.39, 0.29) is 29.2 Å². The van der Waals surface area contributed by atoms with E-state index in [0.29, 0.717) is 34.6 Å². The minimum absolute atomic E-state index is 0.0585. The van der Waals surface area contributed by atoms with Crippen molar-refractivity contribution in [3.05, 3.63) is 28.0 Å². The maximum atomic E-state index is 12.8. The number of esters is 1. The van der Waals surface area contributed by atoms with Crippen molar-refractivity contribution in [3.63, 3.8) is 0 Å². The number of carbonyl (C=O) groups is 2. The van der Waals surface area contributed by atoms with Gasteiger partial charge in [-0.2, -0.15) is 5.10 Å². The number of aromatic nitrogens is 3. The van der Waals surface area contributed by atoms with Gasteiger partial charge in [-0.1, -0.05) is 25.2 Å². The number of carbonyl (C=O) groups excluding carboxylic acids is 2. The highest BCUT2D eigenvalue weighted by Crippen LogP contribution is 2.42. The highest BCUT2D eigenvalue weighted by molar-refractivity contribution is 7.91. The number of thiazole rings is 1. The molecule has 1 atom stereocenters. The Hall–Kier alpha value is -2.27. The van der Waals surface area contributed by atoms with Gasteiger partial charge in [0.25, 0.3) is 5.91 Å². The molecule has 11 heteroatoms. The number of nitrogens with one attached hydrogen (secondary N) is 1. The van der Waals surface area contributed by atoms with E-state index in [0.717, 1.165) is 29.9 Å². The van der Waals surface area contributed by atoms with E-state index in [1.165, 1.54) is 0 Å². The predicted octanol–water partition coefficient (Wildman–Crippen LogP) is 2.95. The number of sulfone groups is 1. The van der Waals surface area contributed by atoms with Crippen molar-refractivity contribution in [3.8, 4) is 0 Å². The van der Waals surface area contributed by atoms with Gasteiger partial charge in [0.2, 0.25) is 0 Å². The Morgan fingerprint density at radius 2 is 2.06 bits per heavy atom. The summed E-state index contributed by atoms with van der Waals surface area (Å²) >= 11 is 1.07. The number of aryl methyl sites for hydroxylation is 1. The molecule has 2 fully saturated rings. The molecule has 31 heavy (non-hydrogen) atoms. The normalized spacial score (nSPS) is 20.2. The Morgan fingerprint density at radius 3 is 2.68 bits per heavy atom. The Balaban J connectivity index is 1.50. The summed E-state index contributed by atoms with van der Waals surface area (Å²) in [5.41, 5.74) is 1.64. The number of rotatable bonds is 7. The summed E-state index contributed by atoms with van der Waals surface area (Å²) in [6.07, 6.45) is 2.54. The van der Waals surface area contributed by atoms with E-state index in [9.17, 15) is 18.0 Å². The van der Waals surface area contributed by atoms with Gasteiger partial charge in [-0.15, -0.1) is 0 Å². The van der Waals surface area contributed by atoms with Crippen LogP contribution >= 0.6 is 11.3 Å². The minimum atomic E-state index is -3.06. The third kappa shape index (κ3) is 4.98. The van der Waals surface area contributed by atoms with Crippen molar-refractivity contribution in [1.29, 1.82) is 0 Å². The molecule has 4 rings (SSSR count).